The van der Waals surface area contributed by atoms with E-state index in [-0.39, 0.29) is 0 Å². The average molecular weight is 314 g/mol. The largest absolute Gasteiger partial charge is 0.361 e. The third-order valence-electron chi connectivity index (χ3n) is 4.42. The number of benzene rings is 1. The Morgan fingerprint density at radius 2 is 2.17 bits per heavy atom. The lowest BCUT2D eigenvalue weighted by atomic mass is 10.2. The van der Waals surface area contributed by atoms with Gasteiger partial charge in [-0.2, -0.15) is 0 Å². The normalized spacial score (nSPS) is 18.2. The molecule has 2 heterocycles. The first kappa shape index (κ1) is 15.6. The number of carbonyl (C=O) groups is 2. The van der Waals surface area contributed by atoms with Gasteiger partial charge in [-0.3, -0.25) is 14.5 Å². The number of likely N-dealkylation sites (N-methyl/N-ethyl adjacent to an activating group) is 1. The fourth-order valence-electron chi connectivity index (χ4n) is 3.15. The van der Waals surface area contributed by atoms with Crippen LogP contribution in [0.1, 0.15) is 19.8 Å². The van der Waals surface area contributed by atoms with Gasteiger partial charge >= 0.3 is 11.8 Å². The first-order valence-corrected chi connectivity index (χ1v) is 8.07. The number of anilines is 1. The number of hydrogen-bond donors (Lipinski definition) is 3. The van der Waals surface area contributed by atoms with Crippen LogP contribution in [0.5, 0.6) is 0 Å². The van der Waals surface area contributed by atoms with Gasteiger partial charge in [0.1, 0.15) is 0 Å². The van der Waals surface area contributed by atoms with Crippen molar-refractivity contribution in [3.8, 4) is 0 Å². The van der Waals surface area contributed by atoms with E-state index < -0.39 is 11.8 Å². The SMILES string of the molecule is CCN1CCC[C@H]1CNC(=O)C(=O)Nc1ccc2cc[nH]c2c1. The second kappa shape index (κ2) is 6.83. The summed E-state index contributed by atoms with van der Waals surface area (Å²) in [5.74, 6) is -1.21. The van der Waals surface area contributed by atoms with Crippen LogP contribution in [0, 0.1) is 0 Å². The number of aromatic amines is 1. The third kappa shape index (κ3) is 3.53. The third-order valence-corrected chi connectivity index (χ3v) is 4.42. The van der Waals surface area contributed by atoms with Gasteiger partial charge < -0.3 is 15.6 Å². The maximum absolute atomic E-state index is 12.0. The molecule has 0 unspecified atom stereocenters. The van der Waals surface area contributed by atoms with Crippen molar-refractivity contribution in [2.75, 3.05) is 25.0 Å². The molecule has 0 radical (unpaired) electrons. The highest BCUT2D eigenvalue weighted by Crippen LogP contribution is 2.18. The van der Waals surface area contributed by atoms with E-state index in [9.17, 15) is 9.59 Å². The van der Waals surface area contributed by atoms with Gasteiger partial charge in [0, 0.05) is 30.0 Å². The number of aromatic nitrogens is 1. The molecule has 0 aliphatic carbocycles. The number of rotatable bonds is 4. The minimum Gasteiger partial charge on any atom is -0.361 e. The molecule has 1 aliphatic rings. The minimum absolute atomic E-state index is 0.340. The Bertz CT molecular complexity index is 709. The van der Waals surface area contributed by atoms with Crippen LogP contribution in [0.2, 0.25) is 0 Å². The second-order valence-electron chi connectivity index (χ2n) is 5.87. The Morgan fingerprint density at radius 1 is 1.30 bits per heavy atom. The predicted molar refractivity (Wildman–Crippen MR) is 90.2 cm³/mol. The van der Waals surface area contributed by atoms with E-state index in [4.69, 9.17) is 0 Å². The lowest BCUT2D eigenvalue weighted by Gasteiger charge is -2.22. The monoisotopic (exact) mass is 314 g/mol. The summed E-state index contributed by atoms with van der Waals surface area (Å²) in [7, 11) is 0. The zero-order valence-electron chi connectivity index (χ0n) is 13.3. The Labute approximate surface area is 135 Å². The van der Waals surface area contributed by atoms with Crippen LogP contribution in [0.3, 0.4) is 0 Å². The summed E-state index contributed by atoms with van der Waals surface area (Å²) < 4.78 is 0. The van der Waals surface area contributed by atoms with Crippen molar-refractivity contribution in [2.24, 2.45) is 0 Å². The zero-order chi connectivity index (χ0) is 16.2. The minimum atomic E-state index is -0.628. The van der Waals surface area contributed by atoms with Crippen LogP contribution in [-0.2, 0) is 9.59 Å². The number of fused-ring (bicyclic) bond motifs is 1. The fourth-order valence-corrected chi connectivity index (χ4v) is 3.15. The molecule has 2 amide bonds. The van der Waals surface area contributed by atoms with Crippen LogP contribution >= 0.6 is 0 Å². The van der Waals surface area contributed by atoms with Crippen molar-refractivity contribution in [2.45, 2.75) is 25.8 Å². The highest BCUT2D eigenvalue weighted by Gasteiger charge is 2.24. The van der Waals surface area contributed by atoms with Crippen LogP contribution in [-0.4, -0.2) is 47.4 Å². The summed E-state index contributed by atoms with van der Waals surface area (Å²) in [5.41, 5.74) is 1.53. The maximum Gasteiger partial charge on any atom is 0.313 e. The van der Waals surface area contributed by atoms with E-state index in [1.54, 1.807) is 6.07 Å². The molecule has 6 heteroatoms. The van der Waals surface area contributed by atoms with Gasteiger partial charge in [0.15, 0.2) is 0 Å². The summed E-state index contributed by atoms with van der Waals surface area (Å²) in [6.45, 7) is 4.68. The van der Waals surface area contributed by atoms with Gasteiger partial charge in [-0.1, -0.05) is 13.0 Å². The van der Waals surface area contributed by atoms with Gasteiger partial charge in [0.05, 0.1) is 0 Å². The molecule has 0 spiro atoms. The molecule has 2 aromatic rings. The number of nitrogens with one attached hydrogen (secondary N) is 3. The molecule has 1 aromatic heterocycles. The average Bonchev–Trinajstić information content (AvgIpc) is 3.20. The summed E-state index contributed by atoms with van der Waals surface area (Å²) in [4.78, 5) is 29.4. The van der Waals surface area contributed by atoms with Crippen molar-refractivity contribution in [1.29, 1.82) is 0 Å². The number of hydrogen-bond acceptors (Lipinski definition) is 3. The van der Waals surface area contributed by atoms with Gasteiger partial charge in [0.2, 0.25) is 0 Å². The van der Waals surface area contributed by atoms with Crippen LogP contribution in [0.15, 0.2) is 30.5 Å². The predicted octanol–water partition coefficient (Wildman–Crippen LogP) is 1.71. The molecule has 23 heavy (non-hydrogen) atoms. The second-order valence-corrected chi connectivity index (χ2v) is 5.87. The number of nitrogens with zero attached hydrogens (tertiary/aromatic N) is 1. The number of likely N-dealkylation sites (tertiary alicyclic amines) is 1. The standard InChI is InChI=1S/C17H22N4O2/c1-2-21-9-3-4-14(21)11-19-16(22)17(23)20-13-6-5-12-7-8-18-15(12)10-13/h5-8,10,14,18H,2-4,9,11H2,1H3,(H,19,22)(H,20,23)/t14-/m0/s1. The van der Waals surface area contributed by atoms with E-state index in [1.807, 2.05) is 24.4 Å². The van der Waals surface area contributed by atoms with Crippen LogP contribution in [0.4, 0.5) is 5.69 Å². The number of H-pyrrole nitrogens is 1. The Morgan fingerprint density at radius 3 is 3.00 bits per heavy atom. The summed E-state index contributed by atoms with van der Waals surface area (Å²) >= 11 is 0. The number of amides is 2. The molecular weight excluding hydrogens is 292 g/mol. The Hall–Kier alpha value is -2.34. The molecule has 1 saturated heterocycles. The topological polar surface area (TPSA) is 77.2 Å². The fraction of sp³-hybridized carbons (Fsp3) is 0.412. The molecule has 6 nitrogen and oxygen atoms in total. The van der Waals surface area contributed by atoms with Crippen molar-refractivity contribution in [3.63, 3.8) is 0 Å². The molecule has 0 bridgehead atoms. The molecule has 1 aliphatic heterocycles. The van der Waals surface area contributed by atoms with Crippen LogP contribution < -0.4 is 10.6 Å². The molecule has 122 valence electrons. The lowest BCUT2D eigenvalue weighted by molar-refractivity contribution is -0.136. The zero-order valence-corrected chi connectivity index (χ0v) is 13.3. The van der Waals surface area contributed by atoms with E-state index in [1.165, 1.54) is 0 Å². The molecule has 3 rings (SSSR count). The molecule has 3 N–H and O–H groups in total. The summed E-state index contributed by atoms with van der Waals surface area (Å²) in [6.07, 6.45) is 4.06. The molecule has 1 fully saturated rings. The molecule has 0 saturated carbocycles. The van der Waals surface area contributed by atoms with Crippen molar-refractivity contribution < 1.29 is 9.59 Å². The quantitative estimate of drug-likeness (QED) is 0.752. The van der Waals surface area contributed by atoms with Crippen molar-refractivity contribution in [3.05, 3.63) is 30.5 Å². The van der Waals surface area contributed by atoms with Gasteiger partial charge in [-0.15, -0.1) is 0 Å². The highest BCUT2D eigenvalue weighted by atomic mass is 16.2. The van der Waals surface area contributed by atoms with Crippen LogP contribution in [0.25, 0.3) is 10.9 Å². The van der Waals surface area contributed by atoms with E-state index in [0.717, 1.165) is 36.8 Å². The lowest BCUT2D eigenvalue weighted by Crippen LogP contribution is -2.43. The summed E-state index contributed by atoms with van der Waals surface area (Å²) in [6, 6.07) is 7.80. The van der Waals surface area contributed by atoms with Crippen molar-refractivity contribution in [1.82, 2.24) is 15.2 Å². The smallest absolute Gasteiger partial charge is 0.313 e. The van der Waals surface area contributed by atoms with Crippen molar-refractivity contribution >= 4 is 28.4 Å². The molecule has 1 aromatic carbocycles. The van der Waals surface area contributed by atoms with Gasteiger partial charge in [0.25, 0.3) is 0 Å². The van der Waals surface area contributed by atoms with Gasteiger partial charge in [-0.05, 0) is 49.5 Å². The Kier molecular flexibility index (Phi) is 4.62. The van der Waals surface area contributed by atoms with E-state index in [2.05, 4.69) is 27.4 Å². The Balaban J connectivity index is 1.53. The van der Waals surface area contributed by atoms with E-state index in [0.29, 0.717) is 18.3 Å². The summed E-state index contributed by atoms with van der Waals surface area (Å²) in [5, 5.41) is 6.44. The maximum atomic E-state index is 12.0. The number of carbonyl (C=O) groups excluding carboxylic acids is 2. The van der Waals surface area contributed by atoms with E-state index >= 15 is 0 Å². The first-order valence-electron chi connectivity index (χ1n) is 8.07. The molecule has 1 atom stereocenters. The first-order chi connectivity index (χ1) is 11.2. The molecular formula is C17H22N4O2. The van der Waals surface area contributed by atoms with Gasteiger partial charge in [-0.25, -0.2) is 0 Å². The highest BCUT2D eigenvalue weighted by molar-refractivity contribution is 6.39.